The van der Waals surface area contributed by atoms with Crippen LogP contribution in [-0.2, 0) is 14.8 Å². The summed E-state index contributed by atoms with van der Waals surface area (Å²) in [5.74, 6) is -0.962. The average molecular weight is 379 g/mol. The molecule has 0 aliphatic carbocycles. The number of ether oxygens (including phenoxy) is 1. The summed E-state index contributed by atoms with van der Waals surface area (Å²) in [4.78, 5) is 22.2. The highest BCUT2D eigenvalue weighted by Crippen LogP contribution is 2.18. The van der Waals surface area contributed by atoms with E-state index >= 15 is 0 Å². The smallest absolute Gasteiger partial charge is 0.341 e. The number of rotatable bonds is 8. The van der Waals surface area contributed by atoms with Gasteiger partial charge >= 0.3 is 5.97 Å². The van der Waals surface area contributed by atoms with E-state index < -0.39 is 27.5 Å². The van der Waals surface area contributed by atoms with Crippen LogP contribution < -0.4 is 9.57 Å². The number of hydrogen-bond acceptors (Lipinski definition) is 7. The fourth-order valence-corrected chi connectivity index (χ4v) is 2.67. The molecule has 0 fully saturated rings. The molecule has 2 rings (SSSR count). The molecule has 2 aromatic carbocycles. The van der Waals surface area contributed by atoms with Crippen molar-refractivity contribution in [2.75, 3.05) is 6.61 Å². The van der Waals surface area contributed by atoms with Crippen molar-refractivity contribution >= 4 is 27.9 Å². The first-order valence-corrected chi connectivity index (χ1v) is 8.51. The Morgan fingerprint density at radius 3 is 2.69 bits per heavy atom. The summed E-state index contributed by atoms with van der Waals surface area (Å²) in [5, 5.41) is 23.0. The van der Waals surface area contributed by atoms with E-state index in [0.717, 1.165) is 12.3 Å². The van der Waals surface area contributed by atoms with Gasteiger partial charge < -0.3 is 9.84 Å². The van der Waals surface area contributed by atoms with Crippen LogP contribution >= 0.6 is 0 Å². The summed E-state index contributed by atoms with van der Waals surface area (Å²) in [6, 6.07) is 10.8. The maximum absolute atomic E-state index is 12.1. The molecule has 2 N–H and O–H groups in total. The Balaban J connectivity index is 2.16. The summed E-state index contributed by atoms with van der Waals surface area (Å²) in [7, 11) is -4.11. The first kappa shape index (κ1) is 18.9. The number of sulfonamides is 1. The Hall–Kier alpha value is -3.47. The molecular weight excluding hydrogens is 366 g/mol. The van der Waals surface area contributed by atoms with Crippen LogP contribution in [0.15, 0.2) is 58.5 Å². The molecule has 2 aromatic rings. The number of para-hydroxylation sites is 1. The van der Waals surface area contributed by atoms with Crippen molar-refractivity contribution in [3.05, 3.63) is 64.2 Å². The summed E-state index contributed by atoms with van der Waals surface area (Å²) in [5.41, 5.74) is -0.0280. The van der Waals surface area contributed by atoms with Gasteiger partial charge in [0, 0.05) is 17.7 Å². The topological polar surface area (TPSA) is 148 Å². The van der Waals surface area contributed by atoms with E-state index in [1.807, 2.05) is 4.83 Å². The number of hydrogen-bond donors (Lipinski definition) is 2. The van der Waals surface area contributed by atoms with Gasteiger partial charge in [-0.25, -0.2) is 9.63 Å². The molecule has 0 bridgehead atoms. The molecule has 0 radical (unpaired) electrons. The zero-order chi connectivity index (χ0) is 19.2. The molecule has 0 aromatic heterocycles. The predicted octanol–water partition coefficient (Wildman–Crippen LogP) is 1.37. The van der Waals surface area contributed by atoms with Crippen molar-refractivity contribution in [1.82, 2.24) is 4.83 Å². The number of carboxylic acids is 1. The van der Waals surface area contributed by atoms with Gasteiger partial charge in [0.15, 0.2) is 6.61 Å². The zero-order valence-electron chi connectivity index (χ0n) is 13.1. The van der Waals surface area contributed by atoms with Crippen LogP contribution in [0.25, 0.3) is 0 Å². The minimum atomic E-state index is -4.11. The number of non-ortho nitro benzene ring substituents is 1. The van der Waals surface area contributed by atoms with Crippen LogP contribution in [0.3, 0.4) is 0 Å². The molecule has 0 amide bonds. The lowest BCUT2D eigenvalue weighted by Crippen LogP contribution is -2.18. The molecule has 0 atom stereocenters. The van der Waals surface area contributed by atoms with Gasteiger partial charge in [-0.15, -0.1) is 0 Å². The van der Waals surface area contributed by atoms with Gasteiger partial charge in [0.2, 0.25) is 0 Å². The van der Waals surface area contributed by atoms with Crippen molar-refractivity contribution in [3.63, 3.8) is 0 Å². The second-order valence-corrected chi connectivity index (χ2v) is 6.49. The average Bonchev–Trinajstić information content (AvgIpc) is 2.60. The van der Waals surface area contributed by atoms with E-state index in [9.17, 15) is 23.3 Å². The third-order valence-corrected chi connectivity index (χ3v) is 4.21. The molecule has 0 aliphatic rings. The predicted molar refractivity (Wildman–Crippen MR) is 90.6 cm³/mol. The minimum Gasteiger partial charge on any atom is -0.481 e. The van der Waals surface area contributed by atoms with Gasteiger partial charge in [0.1, 0.15) is 5.75 Å². The molecule has 0 saturated carbocycles. The number of aliphatic carboxylic acids is 1. The van der Waals surface area contributed by atoms with Crippen LogP contribution in [0.4, 0.5) is 5.69 Å². The third-order valence-electron chi connectivity index (χ3n) is 2.99. The van der Waals surface area contributed by atoms with Crippen molar-refractivity contribution in [3.8, 4) is 5.75 Å². The highest BCUT2D eigenvalue weighted by molar-refractivity contribution is 7.89. The first-order valence-electron chi connectivity index (χ1n) is 7.02. The fraction of sp³-hybridized carbons (Fsp3) is 0.0667. The van der Waals surface area contributed by atoms with Gasteiger partial charge in [-0.1, -0.05) is 18.2 Å². The Labute approximate surface area is 147 Å². The SMILES string of the molecule is O=C(O)COc1ccccc1/C=N\NS(=O)(=O)c1cccc([N+](=O)[O-])c1. The quantitative estimate of drug-likeness (QED) is 0.400. The number of nitrogens with one attached hydrogen (secondary N) is 1. The van der Waals surface area contributed by atoms with Gasteiger partial charge in [-0.3, -0.25) is 10.1 Å². The maximum Gasteiger partial charge on any atom is 0.341 e. The molecule has 0 unspecified atom stereocenters. The van der Waals surface area contributed by atoms with Crippen molar-refractivity contribution in [2.24, 2.45) is 5.10 Å². The third kappa shape index (κ3) is 5.01. The monoisotopic (exact) mass is 379 g/mol. The van der Waals surface area contributed by atoms with Crippen molar-refractivity contribution in [2.45, 2.75) is 4.90 Å². The van der Waals surface area contributed by atoms with E-state index in [4.69, 9.17) is 9.84 Å². The number of carbonyl (C=O) groups is 1. The van der Waals surface area contributed by atoms with Gasteiger partial charge in [0.25, 0.3) is 15.7 Å². The van der Waals surface area contributed by atoms with Crippen LogP contribution in [-0.4, -0.2) is 37.2 Å². The summed E-state index contributed by atoms with van der Waals surface area (Å²) in [6.07, 6.45) is 1.13. The van der Waals surface area contributed by atoms with Gasteiger partial charge in [0.05, 0.1) is 16.0 Å². The Morgan fingerprint density at radius 2 is 2.00 bits per heavy atom. The maximum atomic E-state index is 12.1. The molecule has 136 valence electrons. The summed E-state index contributed by atoms with van der Waals surface area (Å²) < 4.78 is 29.3. The lowest BCUT2D eigenvalue weighted by atomic mass is 10.2. The van der Waals surface area contributed by atoms with Crippen LogP contribution in [0.1, 0.15) is 5.56 Å². The highest BCUT2D eigenvalue weighted by atomic mass is 32.2. The lowest BCUT2D eigenvalue weighted by molar-refractivity contribution is -0.385. The molecule has 26 heavy (non-hydrogen) atoms. The van der Waals surface area contributed by atoms with Crippen molar-refractivity contribution < 1.29 is 28.0 Å². The number of benzene rings is 2. The molecule has 0 spiro atoms. The molecule has 10 nitrogen and oxygen atoms in total. The van der Waals surface area contributed by atoms with Gasteiger partial charge in [-0.05, 0) is 18.2 Å². The summed E-state index contributed by atoms with van der Waals surface area (Å²) in [6.45, 7) is -0.565. The second kappa shape index (κ2) is 8.07. The van der Waals surface area contributed by atoms with E-state index in [1.165, 1.54) is 24.3 Å². The number of carboxylic acid groups (broad SMARTS) is 1. The van der Waals surface area contributed by atoms with Gasteiger partial charge in [-0.2, -0.15) is 13.5 Å². The van der Waals surface area contributed by atoms with Crippen LogP contribution in [0, 0.1) is 10.1 Å². The van der Waals surface area contributed by atoms with E-state index in [2.05, 4.69) is 5.10 Å². The molecule has 11 heteroatoms. The number of nitro benzene ring substituents is 1. The Morgan fingerprint density at radius 1 is 1.27 bits per heavy atom. The van der Waals surface area contributed by atoms with E-state index in [0.29, 0.717) is 5.56 Å². The number of nitro groups is 1. The number of nitrogens with zero attached hydrogens (tertiary/aromatic N) is 2. The van der Waals surface area contributed by atoms with Crippen molar-refractivity contribution in [1.29, 1.82) is 0 Å². The standard InChI is InChI=1S/C15H13N3O7S/c19-15(20)10-25-14-7-2-1-4-11(14)9-16-17-26(23,24)13-6-3-5-12(8-13)18(21)22/h1-9,17H,10H2,(H,19,20)/b16-9-. The lowest BCUT2D eigenvalue weighted by Gasteiger charge is -2.06. The molecular formula is C15H13N3O7S. The largest absolute Gasteiger partial charge is 0.481 e. The minimum absolute atomic E-state index is 0.202. The Kier molecular flexibility index (Phi) is 5.86. The van der Waals surface area contributed by atoms with Crippen LogP contribution in [0.5, 0.6) is 5.75 Å². The molecule has 0 aliphatic heterocycles. The molecule has 0 heterocycles. The van der Waals surface area contributed by atoms with E-state index in [1.54, 1.807) is 18.2 Å². The highest BCUT2D eigenvalue weighted by Gasteiger charge is 2.16. The Bertz CT molecular complexity index is 957. The van der Waals surface area contributed by atoms with Crippen LogP contribution in [0.2, 0.25) is 0 Å². The normalized spacial score (nSPS) is 11.2. The fourth-order valence-electron chi connectivity index (χ4n) is 1.84. The van der Waals surface area contributed by atoms with E-state index in [-0.39, 0.29) is 16.3 Å². The summed E-state index contributed by atoms with van der Waals surface area (Å²) >= 11 is 0. The first-order chi connectivity index (χ1) is 12.3. The number of hydrazone groups is 1. The second-order valence-electron chi connectivity index (χ2n) is 4.83. The molecule has 0 saturated heterocycles. The zero-order valence-corrected chi connectivity index (χ0v) is 13.9.